The van der Waals surface area contributed by atoms with Crippen LogP contribution in [0.1, 0.15) is 39.7 Å². The fourth-order valence-electron chi connectivity index (χ4n) is 2.01. The molecule has 0 spiro atoms. The Labute approximate surface area is 122 Å². The molecule has 1 N–H and O–H groups in total. The van der Waals surface area contributed by atoms with Crippen LogP contribution in [-0.2, 0) is 0 Å². The minimum atomic E-state index is 0.139. The highest BCUT2D eigenvalue weighted by atomic mass is 16.5. The molecule has 0 saturated heterocycles. The van der Waals surface area contributed by atoms with Gasteiger partial charge in [-0.2, -0.15) is 0 Å². The van der Waals surface area contributed by atoms with Gasteiger partial charge in [-0.05, 0) is 45.4 Å². The molecule has 1 aliphatic rings. The minimum Gasteiger partial charge on any atom is -0.490 e. The van der Waals surface area contributed by atoms with Crippen molar-refractivity contribution in [3.05, 3.63) is 29.3 Å². The van der Waals surface area contributed by atoms with Crippen molar-refractivity contribution in [1.82, 2.24) is 5.32 Å². The lowest BCUT2D eigenvalue weighted by Crippen LogP contribution is -2.36. The first-order valence-electron chi connectivity index (χ1n) is 7.26. The largest absolute Gasteiger partial charge is 0.490 e. The molecule has 20 heavy (non-hydrogen) atoms. The molecule has 0 atom stereocenters. The lowest BCUT2D eigenvalue weighted by atomic mass is 10.1. The summed E-state index contributed by atoms with van der Waals surface area (Å²) in [6, 6.07) is 6.13. The van der Waals surface area contributed by atoms with Crippen LogP contribution in [0.2, 0.25) is 0 Å². The van der Waals surface area contributed by atoms with E-state index < -0.39 is 0 Å². The molecule has 3 heteroatoms. The van der Waals surface area contributed by atoms with Gasteiger partial charge in [0.25, 0.3) is 0 Å². The molecule has 1 aliphatic heterocycles. The van der Waals surface area contributed by atoms with E-state index in [9.17, 15) is 0 Å². The van der Waals surface area contributed by atoms with Crippen LogP contribution in [0.4, 0.5) is 0 Å². The quantitative estimate of drug-likeness (QED) is 0.913. The summed E-state index contributed by atoms with van der Waals surface area (Å²) in [5.41, 5.74) is 2.59. The highest BCUT2D eigenvalue weighted by Crippen LogP contribution is 2.31. The number of rotatable bonds is 3. The zero-order valence-electron chi connectivity index (χ0n) is 13.0. The number of hydrogen-bond donors (Lipinski definition) is 1. The van der Waals surface area contributed by atoms with E-state index in [0.717, 1.165) is 43.2 Å². The molecule has 110 valence electrons. The van der Waals surface area contributed by atoms with Gasteiger partial charge in [-0.25, -0.2) is 0 Å². The van der Waals surface area contributed by atoms with Gasteiger partial charge in [0.15, 0.2) is 11.5 Å². The summed E-state index contributed by atoms with van der Waals surface area (Å²) in [4.78, 5) is 0. The van der Waals surface area contributed by atoms with Gasteiger partial charge >= 0.3 is 0 Å². The van der Waals surface area contributed by atoms with Crippen LogP contribution in [0, 0.1) is 0 Å². The zero-order chi connectivity index (χ0) is 14.6. The van der Waals surface area contributed by atoms with Gasteiger partial charge < -0.3 is 14.8 Å². The number of fused-ring (bicyclic) bond motifs is 1. The van der Waals surface area contributed by atoms with Crippen LogP contribution in [-0.4, -0.2) is 25.3 Å². The summed E-state index contributed by atoms with van der Waals surface area (Å²) in [6.45, 7) is 11.0. The number of hydrogen-bond acceptors (Lipinski definition) is 3. The summed E-state index contributed by atoms with van der Waals surface area (Å²) in [5.74, 6) is 1.71. The molecule has 0 fully saturated rings. The first-order valence-corrected chi connectivity index (χ1v) is 7.26. The van der Waals surface area contributed by atoms with E-state index in [1.807, 2.05) is 6.07 Å². The predicted octanol–water partition coefficient (Wildman–Crippen LogP) is 3.64. The summed E-state index contributed by atoms with van der Waals surface area (Å²) in [5, 5.41) is 3.49. The SMILES string of the molecule is CC(=Cc1ccc2c(c1)OCCCO2)CNC(C)(C)C. The monoisotopic (exact) mass is 275 g/mol. The van der Waals surface area contributed by atoms with Gasteiger partial charge in [0.05, 0.1) is 13.2 Å². The highest BCUT2D eigenvalue weighted by molar-refractivity contribution is 5.58. The first-order chi connectivity index (χ1) is 9.44. The van der Waals surface area contributed by atoms with E-state index in [1.54, 1.807) is 0 Å². The van der Waals surface area contributed by atoms with E-state index >= 15 is 0 Å². The second-order valence-corrected chi connectivity index (χ2v) is 6.35. The summed E-state index contributed by atoms with van der Waals surface area (Å²) in [6.07, 6.45) is 3.13. The van der Waals surface area contributed by atoms with Crippen molar-refractivity contribution < 1.29 is 9.47 Å². The lowest BCUT2D eigenvalue weighted by molar-refractivity contribution is 0.297. The molecule has 0 aliphatic carbocycles. The third-order valence-electron chi connectivity index (χ3n) is 3.08. The molecule has 0 aromatic heterocycles. The molecule has 3 nitrogen and oxygen atoms in total. The Balaban J connectivity index is 2.07. The molecule has 0 saturated carbocycles. The van der Waals surface area contributed by atoms with Gasteiger partial charge in [0.2, 0.25) is 0 Å². The number of ether oxygens (including phenoxy) is 2. The van der Waals surface area contributed by atoms with Crippen LogP contribution in [0.3, 0.4) is 0 Å². The van der Waals surface area contributed by atoms with E-state index in [2.05, 4.69) is 51.2 Å². The maximum Gasteiger partial charge on any atom is 0.161 e. The Morgan fingerprint density at radius 3 is 2.60 bits per heavy atom. The van der Waals surface area contributed by atoms with Gasteiger partial charge in [-0.15, -0.1) is 0 Å². The van der Waals surface area contributed by atoms with Crippen LogP contribution in [0.15, 0.2) is 23.8 Å². The Morgan fingerprint density at radius 2 is 1.90 bits per heavy atom. The van der Waals surface area contributed by atoms with Crippen LogP contribution in [0.5, 0.6) is 11.5 Å². The van der Waals surface area contributed by atoms with Crippen LogP contribution < -0.4 is 14.8 Å². The predicted molar refractivity (Wildman–Crippen MR) is 83.5 cm³/mol. The molecular weight excluding hydrogens is 250 g/mol. The van der Waals surface area contributed by atoms with Crippen molar-refractivity contribution in [3.63, 3.8) is 0 Å². The maximum absolute atomic E-state index is 5.72. The average Bonchev–Trinajstić information content (AvgIpc) is 2.60. The Kier molecular flexibility index (Phi) is 4.71. The Morgan fingerprint density at radius 1 is 1.20 bits per heavy atom. The molecular formula is C17H25NO2. The molecule has 2 rings (SSSR count). The van der Waals surface area contributed by atoms with Crippen LogP contribution in [0.25, 0.3) is 6.08 Å². The number of nitrogens with one attached hydrogen (secondary N) is 1. The smallest absolute Gasteiger partial charge is 0.161 e. The second kappa shape index (κ2) is 6.31. The molecule has 0 unspecified atom stereocenters. The van der Waals surface area contributed by atoms with Gasteiger partial charge in [0.1, 0.15) is 0 Å². The van der Waals surface area contributed by atoms with Crippen molar-refractivity contribution in [3.8, 4) is 11.5 Å². The minimum absolute atomic E-state index is 0.139. The molecule has 1 aromatic carbocycles. The molecule has 0 bridgehead atoms. The Bertz CT molecular complexity index is 486. The third kappa shape index (κ3) is 4.57. The Hall–Kier alpha value is -1.48. The zero-order valence-corrected chi connectivity index (χ0v) is 13.0. The van der Waals surface area contributed by atoms with E-state index in [0.29, 0.717) is 0 Å². The first kappa shape index (κ1) is 14.9. The summed E-state index contributed by atoms with van der Waals surface area (Å²) < 4.78 is 11.4. The summed E-state index contributed by atoms with van der Waals surface area (Å²) in [7, 11) is 0. The number of benzene rings is 1. The van der Waals surface area contributed by atoms with Crippen molar-refractivity contribution in [2.24, 2.45) is 0 Å². The molecule has 0 radical (unpaired) electrons. The lowest BCUT2D eigenvalue weighted by Gasteiger charge is -2.20. The maximum atomic E-state index is 5.72. The second-order valence-electron chi connectivity index (χ2n) is 6.35. The van der Waals surface area contributed by atoms with Gasteiger partial charge in [0, 0.05) is 18.5 Å². The van der Waals surface area contributed by atoms with Crippen molar-refractivity contribution in [2.75, 3.05) is 19.8 Å². The fraction of sp³-hybridized carbons (Fsp3) is 0.529. The average molecular weight is 275 g/mol. The van der Waals surface area contributed by atoms with Gasteiger partial charge in [-0.1, -0.05) is 17.7 Å². The normalized spacial score (nSPS) is 15.9. The van der Waals surface area contributed by atoms with E-state index in [1.165, 1.54) is 5.57 Å². The summed E-state index contributed by atoms with van der Waals surface area (Å²) >= 11 is 0. The topological polar surface area (TPSA) is 30.5 Å². The van der Waals surface area contributed by atoms with Crippen molar-refractivity contribution in [2.45, 2.75) is 39.7 Å². The molecule has 1 aromatic rings. The fourth-order valence-corrected chi connectivity index (χ4v) is 2.01. The third-order valence-corrected chi connectivity index (χ3v) is 3.08. The van der Waals surface area contributed by atoms with Gasteiger partial charge in [-0.3, -0.25) is 0 Å². The van der Waals surface area contributed by atoms with E-state index in [4.69, 9.17) is 9.47 Å². The molecule has 0 amide bonds. The standard InChI is InChI=1S/C17H25NO2/c1-13(12-18-17(2,3)4)10-14-6-7-15-16(11-14)20-9-5-8-19-15/h6-7,10-11,18H,5,8-9,12H2,1-4H3. The van der Waals surface area contributed by atoms with Crippen molar-refractivity contribution >= 4 is 6.08 Å². The van der Waals surface area contributed by atoms with Crippen molar-refractivity contribution in [1.29, 1.82) is 0 Å². The highest BCUT2D eigenvalue weighted by Gasteiger charge is 2.11. The molecule has 1 heterocycles. The van der Waals surface area contributed by atoms with Crippen LogP contribution >= 0.6 is 0 Å². The van der Waals surface area contributed by atoms with E-state index in [-0.39, 0.29) is 5.54 Å².